The molecule has 1 spiro atoms. The van der Waals surface area contributed by atoms with Gasteiger partial charge in [0.2, 0.25) is 0 Å². The predicted octanol–water partition coefficient (Wildman–Crippen LogP) is 15.0. The van der Waals surface area contributed by atoms with Gasteiger partial charge in [0, 0.05) is 22.2 Å². The lowest BCUT2D eigenvalue weighted by atomic mass is 9.43. The second-order valence-electron chi connectivity index (χ2n) is 17.3. The molecule has 0 aliphatic heterocycles. The van der Waals surface area contributed by atoms with E-state index in [0.29, 0.717) is 0 Å². The minimum Gasteiger partial charge on any atom is -0.310 e. The van der Waals surface area contributed by atoms with Crippen LogP contribution in [0.3, 0.4) is 0 Å². The first-order valence-electron chi connectivity index (χ1n) is 21.1. The van der Waals surface area contributed by atoms with Gasteiger partial charge >= 0.3 is 0 Å². The van der Waals surface area contributed by atoms with Crippen LogP contribution >= 0.6 is 0 Å². The molecular formula is C56H45N. The molecule has 0 N–H and O–H groups in total. The Kier molecular flexibility index (Phi) is 7.49. The van der Waals surface area contributed by atoms with Crippen molar-refractivity contribution in [3.8, 4) is 44.5 Å². The molecule has 4 fully saturated rings. The highest BCUT2D eigenvalue weighted by Gasteiger charge is 2.61. The predicted molar refractivity (Wildman–Crippen MR) is 238 cm³/mol. The van der Waals surface area contributed by atoms with Crippen LogP contribution in [0.2, 0.25) is 0 Å². The van der Waals surface area contributed by atoms with Crippen LogP contribution in [-0.2, 0) is 5.41 Å². The molecule has 0 saturated heterocycles. The first-order chi connectivity index (χ1) is 28.2. The van der Waals surface area contributed by atoms with Crippen LogP contribution in [0.5, 0.6) is 0 Å². The molecule has 57 heavy (non-hydrogen) atoms. The largest absolute Gasteiger partial charge is 0.310 e. The maximum Gasteiger partial charge on any atom is 0.0546 e. The summed E-state index contributed by atoms with van der Waals surface area (Å²) >= 11 is 0. The number of nitrogens with zero attached hydrogens (tertiary/aromatic N) is 1. The van der Waals surface area contributed by atoms with E-state index in [4.69, 9.17) is 0 Å². The summed E-state index contributed by atoms with van der Waals surface area (Å²) < 4.78 is 0. The Bertz CT molecular complexity index is 2760. The normalized spacial score (nSPS) is 22.5. The first-order valence-corrected chi connectivity index (χ1v) is 21.1. The fourth-order valence-corrected chi connectivity index (χ4v) is 12.4. The lowest BCUT2D eigenvalue weighted by Crippen LogP contribution is -2.55. The minimum atomic E-state index is 0.175. The van der Waals surface area contributed by atoms with Crippen molar-refractivity contribution in [1.29, 1.82) is 0 Å². The molecular weight excluding hydrogens is 687 g/mol. The summed E-state index contributed by atoms with van der Waals surface area (Å²) in [6.45, 7) is 0. The summed E-state index contributed by atoms with van der Waals surface area (Å²) in [6.07, 6.45) is 7.10. The molecule has 1 heteroatoms. The van der Waals surface area contributed by atoms with E-state index < -0.39 is 0 Å². The smallest absolute Gasteiger partial charge is 0.0546 e. The summed E-state index contributed by atoms with van der Waals surface area (Å²) in [4.78, 5) is 2.47. The van der Waals surface area contributed by atoms with E-state index >= 15 is 0 Å². The van der Waals surface area contributed by atoms with Crippen LogP contribution in [0.4, 0.5) is 17.1 Å². The number of anilines is 3. The molecule has 4 bridgehead atoms. The summed E-state index contributed by atoms with van der Waals surface area (Å²) in [6, 6.07) is 70.4. The van der Waals surface area contributed by atoms with Crippen molar-refractivity contribution < 1.29 is 0 Å². The summed E-state index contributed by atoms with van der Waals surface area (Å²) in [5.74, 6) is 3.40. The quantitative estimate of drug-likeness (QED) is 0.165. The van der Waals surface area contributed by atoms with E-state index in [1.807, 2.05) is 0 Å². The third-order valence-electron chi connectivity index (χ3n) is 14.4. The standard InChI is InChI=1S/C56H45N/c1-3-12-39(13-4-1)41-24-27-47(28-25-41)57(48-19-9-18-43(35-48)40-14-5-2-6-15-40)54-23-11-17-42-16-10-21-49(55(42)54)44-26-29-53-51(36-44)50-20-7-8-22-52(50)56(53)45-31-37-30-38(33-45)34-46(56)32-37/h1-29,35-38,45-46H,30-34H2. The van der Waals surface area contributed by atoms with Crippen molar-refractivity contribution in [3.05, 3.63) is 199 Å². The Hall–Kier alpha value is -6.18. The number of benzene rings is 8. The summed E-state index contributed by atoms with van der Waals surface area (Å²) in [7, 11) is 0. The van der Waals surface area contributed by atoms with Gasteiger partial charge in [-0.3, -0.25) is 0 Å². The van der Waals surface area contributed by atoms with E-state index in [2.05, 4.69) is 193 Å². The topological polar surface area (TPSA) is 3.24 Å². The Morgan fingerprint density at radius 3 is 1.67 bits per heavy atom. The van der Waals surface area contributed by atoms with Gasteiger partial charge in [-0.1, -0.05) is 152 Å². The van der Waals surface area contributed by atoms with Gasteiger partial charge in [-0.05, 0) is 153 Å². The Labute approximate surface area is 336 Å². The lowest BCUT2D eigenvalue weighted by Gasteiger charge is -2.61. The van der Waals surface area contributed by atoms with Crippen LogP contribution in [0.25, 0.3) is 55.3 Å². The Morgan fingerprint density at radius 2 is 0.930 bits per heavy atom. The van der Waals surface area contributed by atoms with Crippen molar-refractivity contribution in [1.82, 2.24) is 0 Å². The molecule has 13 rings (SSSR count). The van der Waals surface area contributed by atoms with Gasteiger partial charge in [-0.25, -0.2) is 0 Å². The van der Waals surface area contributed by atoms with Gasteiger partial charge in [-0.15, -0.1) is 0 Å². The first kappa shape index (κ1) is 33.0. The fraction of sp³-hybridized carbons (Fsp3) is 0.179. The van der Waals surface area contributed by atoms with Crippen molar-refractivity contribution in [2.75, 3.05) is 4.90 Å². The molecule has 5 aliphatic carbocycles. The van der Waals surface area contributed by atoms with Gasteiger partial charge in [0.1, 0.15) is 0 Å². The van der Waals surface area contributed by atoms with Crippen molar-refractivity contribution >= 4 is 27.8 Å². The van der Waals surface area contributed by atoms with Gasteiger partial charge in [0.15, 0.2) is 0 Å². The highest BCUT2D eigenvalue weighted by atomic mass is 15.1. The molecule has 8 aromatic rings. The highest BCUT2D eigenvalue weighted by molar-refractivity contribution is 6.08. The average Bonchev–Trinajstić information content (AvgIpc) is 3.56. The van der Waals surface area contributed by atoms with Crippen molar-refractivity contribution in [3.63, 3.8) is 0 Å². The summed E-state index contributed by atoms with van der Waals surface area (Å²) in [5.41, 5.74) is 17.2. The van der Waals surface area contributed by atoms with Gasteiger partial charge < -0.3 is 4.90 Å². The second-order valence-corrected chi connectivity index (χ2v) is 17.3. The molecule has 1 nitrogen and oxygen atoms in total. The lowest BCUT2D eigenvalue weighted by molar-refractivity contribution is -0.0399. The van der Waals surface area contributed by atoms with E-state index in [9.17, 15) is 0 Å². The number of rotatable bonds is 6. The molecule has 0 radical (unpaired) electrons. The second kappa shape index (κ2) is 12.9. The SMILES string of the molecule is c1ccc(-c2ccc(N(c3cccc(-c4ccccc4)c3)c3cccc4cccc(-c5ccc6c(c5)-c5ccccc5C65C6CC7CC(C6)CC5C7)c34)cc2)cc1. The van der Waals surface area contributed by atoms with Crippen LogP contribution in [0, 0.1) is 23.7 Å². The summed E-state index contributed by atoms with van der Waals surface area (Å²) in [5, 5.41) is 2.52. The van der Waals surface area contributed by atoms with Crippen LogP contribution in [0.1, 0.15) is 43.2 Å². The zero-order valence-electron chi connectivity index (χ0n) is 32.2. The van der Waals surface area contributed by atoms with Crippen molar-refractivity contribution in [2.45, 2.75) is 37.5 Å². The monoisotopic (exact) mass is 731 g/mol. The molecule has 8 aromatic carbocycles. The van der Waals surface area contributed by atoms with Gasteiger partial charge in [0.25, 0.3) is 0 Å². The van der Waals surface area contributed by atoms with Crippen molar-refractivity contribution in [2.24, 2.45) is 23.7 Å². The minimum absolute atomic E-state index is 0.175. The van der Waals surface area contributed by atoms with E-state index in [1.54, 1.807) is 11.1 Å². The molecule has 4 saturated carbocycles. The maximum atomic E-state index is 2.57. The number of hydrogen-bond donors (Lipinski definition) is 0. The molecule has 274 valence electrons. The zero-order chi connectivity index (χ0) is 37.5. The van der Waals surface area contributed by atoms with Crippen LogP contribution < -0.4 is 4.90 Å². The van der Waals surface area contributed by atoms with Crippen LogP contribution in [0.15, 0.2) is 188 Å². The third-order valence-corrected chi connectivity index (χ3v) is 14.4. The Morgan fingerprint density at radius 1 is 0.368 bits per heavy atom. The maximum absolute atomic E-state index is 2.57. The molecule has 5 aliphatic rings. The zero-order valence-corrected chi connectivity index (χ0v) is 32.2. The number of hydrogen-bond acceptors (Lipinski definition) is 1. The van der Waals surface area contributed by atoms with Crippen LogP contribution in [-0.4, -0.2) is 0 Å². The number of fused-ring (bicyclic) bond motifs is 4. The molecule has 0 unspecified atom stereocenters. The van der Waals surface area contributed by atoms with Gasteiger partial charge in [0.05, 0.1) is 5.69 Å². The molecule has 0 atom stereocenters. The fourth-order valence-electron chi connectivity index (χ4n) is 12.4. The molecule has 0 amide bonds. The third kappa shape index (κ3) is 5.08. The van der Waals surface area contributed by atoms with Gasteiger partial charge in [-0.2, -0.15) is 0 Å². The average molecular weight is 732 g/mol. The Balaban J connectivity index is 1.04. The van der Waals surface area contributed by atoms with E-state index in [-0.39, 0.29) is 5.41 Å². The molecule has 0 aromatic heterocycles. The molecule has 0 heterocycles. The van der Waals surface area contributed by atoms with E-state index in [0.717, 1.165) is 35.0 Å². The van der Waals surface area contributed by atoms with E-state index in [1.165, 1.54) is 93.1 Å². The highest BCUT2D eigenvalue weighted by Crippen LogP contribution is 2.69.